The van der Waals surface area contributed by atoms with Gasteiger partial charge in [-0.05, 0) is 39.0 Å². The van der Waals surface area contributed by atoms with Crippen LogP contribution in [0.1, 0.15) is 33.1 Å². The quantitative estimate of drug-likeness (QED) is 0.769. The zero-order valence-corrected chi connectivity index (χ0v) is 12.0. The van der Waals surface area contributed by atoms with Gasteiger partial charge in [0.2, 0.25) is 10.0 Å². The Hall–Kier alpha value is -0.930. The standard InChI is InChI=1S/C12H20N2O3S/c1-10(15)12(2,9-13)7-11-5-4-6-14(8-11)18(3,16)17/h11H,4-8H2,1-3H3. The molecule has 1 heterocycles. The van der Waals surface area contributed by atoms with Crippen molar-refractivity contribution in [3.63, 3.8) is 0 Å². The van der Waals surface area contributed by atoms with Crippen LogP contribution in [-0.4, -0.2) is 37.9 Å². The van der Waals surface area contributed by atoms with Crippen molar-refractivity contribution >= 4 is 15.8 Å². The van der Waals surface area contributed by atoms with E-state index >= 15 is 0 Å². The number of piperidine rings is 1. The molecule has 2 unspecified atom stereocenters. The van der Waals surface area contributed by atoms with E-state index in [1.54, 1.807) is 6.92 Å². The van der Waals surface area contributed by atoms with Crippen molar-refractivity contribution in [2.75, 3.05) is 19.3 Å². The minimum Gasteiger partial charge on any atom is -0.298 e. The SMILES string of the molecule is CC(=O)C(C)(C#N)CC1CCCN(S(C)(=O)=O)C1. The van der Waals surface area contributed by atoms with E-state index in [2.05, 4.69) is 6.07 Å². The third-order valence-corrected chi connectivity index (χ3v) is 4.94. The average Bonchev–Trinajstić information content (AvgIpc) is 2.28. The molecule has 0 aromatic carbocycles. The van der Waals surface area contributed by atoms with Crippen LogP contribution in [0.25, 0.3) is 0 Å². The van der Waals surface area contributed by atoms with E-state index in [1.807, 2.05) is 0 Å². The number of sulfonamides is 1. The molecule has 1 aliphatic rings. The minimum atomic E-state index is -3.18. The van der Waals surface area contributed by atoms with E-state index in [9.17, 15) is 13.2 Å². The summed E-state index contributed by atoms with van der Waals surface area (Å²) in [5, 5.41) is 9.11. The summed E-state index contributed by atoms with van der Waals surface area (Å²) in [6.07, 6.45) is 3.29. The molecular formula is C12H20N2O3S. The highest BCUT2D eigenvalue weighted by Crippen LogP contribution is 2.32. The number of carbonyl (C=O) groups excluding carboxylic acids is 1. The van der Waals surface area contributed by atoms with Gasteiger partial charge in [-0.2, -0.15) is 5.26 Å². The van der Waals surface area contributed by atoms with Crippen LogP contribution in [0.2, 0.25) is 0 Å². The number of hydrogen-bond acceptors (Lipinski definition) is 4. The molecule has 6 heteroatoms. The minimum absolute atomic E-state index is 0.0852. The Morgan fingerprint density at radius 3 is 2.61 bits per heavy atom. The molecule has 1 rings (SSSR count). The summed E-state index contributed by atoms with van der Waals surface area (Å²) in [5.74, 6) is -0.0662. The zero-order chi connectivity index (χ0) is 14.0. The lowest BCUT2D eigenvalue weighted by Crippen LogP contribution is -2.41. The first-order chi connectivity index (χ1) is 8.19. The van der Waals surface area contributed by atoms with Gasteiger partial charge in [0.1, 0.15) is 11.2 Å². The molecule has 5 nitrogen and oxygen atoms in total. The molecular weight excluding hydrogens is 252 g/mol. The third kappa shape index (κ3) is 3.53. The fourth-order valence-corrected chi connectivity index (χ4v) is 3.28. The molecule has 18 heavy (non-hydrogen) atoms. The first-order valence-electron chi connectivity index (χ1n) is 6.06. The Morgan fingerprint density at radius 2 is 2.17 bits per heavy atom. The number of hydrogen-bond donors (Lipinski definition) is 0. The molecule has 0 bridgehead atoms. The van der Waals surface area contributed by atoms with Crippen molar-refractivity contribution in [2.24, 2.45) is 11.3 Å². The second kappa shape index (κ2) is 5.37. The maximum absolute atomic E-state index is 11.5. The van der Waals surface area contributed by atoms with Crippen LogP contribution in [0.15, 0.2) is 0 Å². The van der Waals surface area contributed by atoms with E-state index in [0.717, 1.165) is 12.8 Å². The molecule has 1 saturated heterocycles. The van der Waals surface area contributed by atoms with Gasteiger partial charge < -0.3 is 0 Å². The van der Waals surface area contributed by atoms with E-state index in [-0.39, 0.29) is 11.7 Å². The van der Waals surface area contributed by atoms with Gasteiger partial charge in [-0.15, -0.1) is 0 Å². The van der Waals surface area contributed by atoms with Gasteiger partial charge in [-0.25, -0.2) is 12.7 Å². The lowest BCUT2D eigenvalue weighted by atomic mass is 9.77. The van der Waals surface area contributed by atoms with Crippen LogP contribution in [-0.2, 0) is 14.8 Å². The summed E-state index contributed by atoms with van der Waals surface area (Å²) in [5.41, 5.74) is -0.995. The molecule has 0 amide bonds. The fraction of sp³-hybridized carbons (Fsp3) is 0.833. The maximum atomic E-state index is 11.5. The first kappa shape index (κ1) is 15.1. The van der Waals surface area contributed by atoms with Crippen molar-refractivity contribution in [2.45, 2.75) is 33.1 Å². The van der Waals surface area contributed by atoms with E-state index < -0.39 is 15.4 Å². The molecule has 0 aromatic heterocycles. The van der Waals surface area contributed by atoms with Gasteiger partial charge in [-0.1, -0.05) is 0 Å². The second-order valence-electron chi connectivity index (χ2n) is 5.33. The summed E-state index contributed by atoms with van der Waals surface area (Å²) < 4.78 is 24.4. The highest BCUT2D eigenvalue weighted by Gasteiger charge is 2.35. The van der Waals surface area contributed by atoms with E-state index in [4.69, 9.17) is 5.26 Å². The van der Waals surface area contributed by atoms with E-state index in [0.29, 0.717) is 19.5 Å². The zero-order valence-electron chi connectivity index (χ0n) is 11.1. The van der Waals surface area contributed by atoms with Crippen molar-refractivity contribution in [3.05, 3.63) is 0 Å². The molecule has 1 aliphatic heterocycles. The van der Waals surface area contributed by atoms with Crippen molar-refractivity contribution in [1.82, 2.24) is 4.31 Å². The second-order valence-corrected chi connectivity index (χ2v) is 7.32. The maximum Gasteiger partial charge on any atom is 0.211 e. The highest BCUT2D eigenvalue weighted by molar-refractivity contribution is 7.88. The van der Waals surface area contributed by atoms with Crippen LogP contribution in [0, 0.1) is 22.7 Å². The smallest absolute Gasteiger partial charge is 0.211 e. The molecule has 0 spiro atoms. The van der Waals surface area contributed by atoms with Crippen molar-refractivity contribution in [3.8, 4) is 6.07 Å². The van der Waals surface area contributed by atoms with Crippen LogP contribution in [0.5, 0.6) is 0 Å². The first-order valence-corrected chi connectivity index (χ1v) is 7.91. The van der Waals surface area contributed by atoms with Gasteiger partial charge in [0.05, 0.1) is 12.3 Å². The van der Waals surface area contributed by atoms with Crippen LogP contribution >= 0.6 is 0 Å². The Bertz CT molecular complexity index is 466. The fourth-order valence-electron chi connectivity index (χ4n) is 2.34. The Balaban J connectivity index is 2.75. The predicted molar refractivity (Wildman–Crippen MR) is 68.2 cm³/mol. The van der Waals surface area contributed by atoms with Gasteiger partial charge in [0.25, 0.3) is 0 Å². The van der Waals surface area contributed by atoms with Gasteiger partial charge in [0, 0.05) is 13.1 Å². The molecule has 0 N–H and O–H groups in total. The topological polar surface area (TPSA) is 78.2 Å². The molecule has 0 aliphatic carbocycles. The normalized spacial score (nSPS) is 25.1. The number of ketones is 1. The number of carbonyl (C=O) groups is 1. The van der Waals surface area contributed by atoms with Gasteiger partial charge in [0.15, 0.2) is 0 Å². The molecule has 1 fully saturated rings. The average molecular weight is 272 g/mol. The molecule has 102 valence electrons. The summed E-state index contributed by atoms with van der Waals surface area (Å²) in [6.45, 7) is 4.01. The third-order valence-electron chi connectivity index (χ3n) is 3.67. The van der Waals surface area contributed by atoms with Crippen LogP contribution in [0.3, 0.4) is 0 Å². The molecule has 0 saturated carbocycles. The van der Waals surface area contributed by atoms with Crippen LogP contribution < -0.4 is 0 Å². The number of nitrogens with zero attached hydrogens (tertiary/aromatic N) is 2. The molecule has 0 aromatic rings. The Kier molecular flexibility index (Phi) is 4.51. The lowest BCUT2D eigenvalue weighted by molar-refractivity contribution is -0.123. The lowest BCUT2D eigenvalue weighted by Gasteiger charge is -2.33. The van der Waals surface area contributed by atoms with Crippen LogP contribution in [0.4, 0.5) is 0 Å². The Morgan fingerprint density at radius 1 is 1.56 bits per heavy atom. The highest BCUT2D eigenvalue weighted by atomic mass is 32.2. The number of Topliss-reactive ketones (excluding diaryl/α,β-unsaturated/α-hetero) is 1. The van der Waals surface area contributed by atoms with Gasteiger partial charge in [-0.3, -0.25) is 4.79 Å². The molecule has 0 radical (unpaired) electrons. The number of rotatable bonds is 4. The molecule has 2 atom stereocenters. The van der Waals surface area contributed by atoms with Gasteiger partial charge >= 0.3 is 0 Å². The summed E-state index contributed by atoms with van der Waals surface area (Å²) in [4.78, 5) is 11.5. The van der Waals surface area contributed by atoms with E-state index in [1.165, 1.54) is 17.5 Å². The summed E-state index contributed by atoms with van der Waals surface area (Å²) >= 11 is 0. The van der Waals surface area contributed by atoms with Crippen molar-refractivity contribution in [1.29, 1.82) is 5.26 Å². The monoisotopic (exact) mass is 272 g/mol. The Labute approximate surface area is 109 Å². The summed E-state index contributed by atoms with van der Waals surface area (Å²) in [6, 6.07) is 2.06. The predicted octanol–water partition coefficient (Wildman–Crippen LogP) is 1.17. The largest absolute Gasteiger partial charge is 0.298 e. The number of nitriles is 1. The van der Waals surface area contributed by atoms with Crippen molar-refractivity contribution < 1.29 is 13.2 Å². The summed E-state index contributed by atoms with van der Waals surface area (Å²) in [7, 11) is -3.18.